The van der Waals surface area contributed by atoms with Crippen LogP contribution in [0.25, 0.3) is 22.0 Å². The standard InChI is InChI=1S/C21H15ClN4O3/c22-17-4-2-1-3-15(17)14-9-10-16-18(11-14)24-25-19(16)23-20(27)12-5-7-13(8-6-12)21(28)26-29/h1-11,29H,(H,26,28)(H2,23,24,25,27). The number of fused-ring (bicyclic) bond motifs is 1. The molecule has 2 amide bonds. The van der Waals surface area contributed by atoms with E-state index in [4.69, 9.17) is 16.8 Å². The van der Waals surface area contributed by atoms with Gasteiger partial charge < -0.3 is 5.32 Å². The minimum atomic E-state index is -0.649. The number of nitrogens with one attached hydrogen (secondary N) is 3. The summed E-state index contributed by atoms with van der Waals surface area (Å²) in [4.78, 5) is 23.9. The van der Waals surface area contributed by atoms with Crippen molar-refractivity contribution >= 4 is 40.1 Å². The number of rotatable bonds is 4. The van der Waals surface area contributed by atoms with Gasteiger partial charge in [-0.15, -0.1) is 0 Å². The molecule has 1 aromatic heterocycles. The molecule has 4 rings (SSSR count). The zero-order valence-corrected chi connectivity index (χ0v) is 15.7. The minimum Gasteiger partial charge on any atom is -0.305 e. The number of carbonyl (C=O) groups excluding carboxylic acids is 2. The van der Waals surface area contributed by atoms with Gasteiger partial charge in [-0.1, -0.05) is 35.9 Å². The second-order valence-corrected chi connectivity index (χ2v) is 6.69. The number of nitrogens with zero attached hydrogens (tertiary/aromatic N) is 1. The Bertz CT molecular complexity index is 1220. The molecule has 0 unspecified atom stereocenters. The van der Waals surface area contributed by atoms with Crippen LogP contribution in [0.1, 0.15) is 20.7 Å². The first-order chi connectivity index (χ1) is 14.1. The van der Waals surface area contributed by atoms with Crippen molar-refractivity contribution in [2.75, 3.05) is 5.32 Å². The average molecular weight is 407 g/mol. The zero-order chi connectivity index (χ0) is 20.4. The quantitative estimate of drug-likeness (QED) is 0.300. The maximum absolute atomic E-state index is 12.5. The van der Waals surface area contributed by atoms with Crippen LogP contribution in [0.5, 0.6) is 0 Å². The van der Waals surface area contributed by atoms with E-state index in [1.807, 2.05) is 42.5 Å². The first kappa shape index (κ1) is 18.7. The van der Waals surface area contributed by atoms with Gasteiger partial charge in [0.1, 0.15) is 0 Å². The van der Waals surface area contributed by atoms with Gasteiger partial charge in [-0.3, -0.25) is 19.9 Å². The fourth-order valence-electron chi connectivity index (χ4n) is 2.99. The highest BCUT2D eigenvalue weighted by Crippen LogP contribution is 2.31. The van der Waals surface area contributed by atoms with Gasteiger partial charge in [-0.2, -0.15) is 5.10 Å². The Kier molecular flexibility index (Phi) is 4.99. The second-order valence-electron chi connectivity index (χ2n) is 6.28. The number of amides is 2. The number of hydroxylamine groups is 1. The summed E-state index contributed by atoms with van der Waals surface area (Å²) in [6.45, 7) is 0. The van der Waals surface area contributed by atoms with Crippen molar-refractivity contribution in [2.45, 2.75) is 0 Å². The highest BCUT2D eigenvalue weighted by atomic mass is 35.5. The largest absolute Gasteiger partial charge is 0.305 e. The number of benzene rings is 3. The zero-order valence-electron chi connectivity index (χ0n) is 14.9. The van der Waals surface area contributed by atoms with Crippen LogP contribution in [-0.2, 0) is 0 Å². The average Bonchev–Trinajstić information content (AvgIpc) is 3.15. The molecule has 0 aliphatic rings. The SMILES string of the molecule is O=C(NO)c1ccc(C(=O)Nc2n[nH]c3cc(-c4ccccc4Cl)ccc23)cc1. The van der Waals surface area contributed by atoms with Crippen molar-refractivity contribution in [2.24, 2.45) is 0 Å². The Morgan fingerprint density at radius 3 is 2.31 bits per heavy atom. The van der Waals surface area contributed by atoms with E-state index in [0.717, 1.165) is 22.0 Å². The third-order valence-electron chi connectivity index (χ3n) is 4.49. The molecule has 7 nitrogen and oxygen atoms in total. The van der Waals surface area contributed by atoms with Crippen molar-refractivity contribution in [1.82, 2.24) is 15.7 Å². The first-order valence-electron chi connectivity index (χ1n) is 8.65. The summed E-state index contributed by atoms with van der Waals surface area (Å²) < 4.78 is 0. The summed E-state index contributed by atoms with van der Waals surface area (Å²) in [5.41, 5.74) is 4.73. The lowest BCUT2D eigenvalue weighted by Gasteiger charge is -2.06. The van der Waals surface area contributed by atoms with Gasteiger partial charge in [-0.05, 0) is 48.0 Å². The molecular formula is C21H15ClN4O3. The molecule has 0 saturated heterocycles. The lowest BCUT2D eigenvalue weighted by atomic mass is 10.0. The van der Waals surface area contributed by atoms with Gasteiger partial charge >= 0.3 is 0 Å². The number of hydrogen-bond donors (Lipinski definition) is 4. The first-order valence-corrected chi connectivity index (χ1v) is 9.03. The molecule has 0 bridgehead atoms. The smallest absolute Gasteiger partial charge is 0.274 e. The molecule has 0 atom stereocenters. The predicted molar refractivity (Wildman–Crippen MR) is 110 cm³/mol. The van der Waals surface area contributed by atoms with E-state index in [-0.39, 0.29) is 11.5 Å². The van der Waals surface area contributed by atoms with Gasteiger partial charge in [-0.25, -0.2) is 5.48 Å². The van der Waals surface area contributed by atoms with Gasteiger partial charge in [0.25, 0.3) is 11.8 Å². The van der Waals surface area contributed by atoms with E-state index in [1.165, 1.54) is 24.3 Å². The molecule has 0 radical (unpaired) electrons. The monoisotopic (exact) mass is 406 g/mol. The number of aromatic amines is 1. The van der Waals surface area contributed by atoms with E-state index in [0.29, 0.717) is 16.4 Å². The van der Waals surface area contributed by atoms with Gasteiger partial charge in [0, 0.05) is 27.1 Å². The van der Waals surface area contributed by atoms with Crippen LogP contribution >= 0.6 is 11.6 Å². The number of H-pyrrole nitrogens is 1. The normalized spacial score (nSPS) is 10.7. The lowest BCUT2D eigenvalue weighted by Crippen LogP contribution is -2.19. The molecule has 0 spiro atoms. The molecular weight excluding hydrogens is 392 g/mol. The fraction of sp³-hybridized carbons (Fsp3) is 0. The maximum atomic E-state index is 12.5. The van der Waals surface area contributed by atoms with Crippen LogP contribution in [0.15, 0.2) is 66.7 Å². The Balaban J connectivity index is 1.58. The lowest BCUT2D eigenvalue weighted by molar-refractivity contribution is 0.0706. The predicted octanol–water partition coefficient (Wildman–Crippen LogP) is 4.25. The van der Waals surface area contributed by atoms with E-state index < -0.39 is 5.91 Å². The minimum absolute atomic E-state index is 0.237. The third-order valence-corrected chi connectivity index (χ3v) is 4.82. The Morgan fingerprint density at radius 1 is 0.931 bits per heavy atom. The number of halogens is 1. The van der Waals surface area contributed by atoms with Crippen molar-refractivity contribution in [3.8, 4) is 11.1 Å². The number of carbonyl (C=O) groups is 2. The topological polar surface area (TPSA) is 107 Å². The van der Waals surface area contributed by atoms with Crippen molar-refractivity contribution in [1.29, 1.82) is 0 Å². The van der Waals surface area contributed by atoms with Gasteiger partial charge in [0.05, 0.1) is 5.52 Å². The number of aromatic nitrogens is 2. The van der Waals surface area contributed by atoms with E-state index in [2.05, 4.69) is 15.5 Å². The summed E-state index contributed by atoms with van der Waals surface area (Å²) in [7, 11) is 0. The van der Waals surface area contributed by atoms with E-state index >= 15 is 0 Å². The van der Waals surface area contributed by atoms with Crippen LogP contribution in [-0.4, -0.2) is 27.2 Å². The summed E-state index contributed by atoms with van der Waals surface area (Å²) in [6.07, 6.45) is 0. The number of hydrogen-bond acceptors (Lipinski definition) is 4. The van der Waals surface area contributed by atoms with Crippen LogP contribution in [0.2, 0.25) is 5.02 Å². The Labute approximate surface area is 170 Å². The molecule has 3 aromatic carbocycles. The summed E-state index contributed by atoms with van der Waals surface area (Å²) in [5.74, 6) is -0.623. The molecule has 0 fully saturated rings. The molecule has 1 heterocycles. The van der Waals surface area contributed by atoms with Gasteiger partial charge in [0.2, 0.25) is 0 Å². The number of anilines is 1. The summed E-state index contributed by atoms with van der Waals surface area (Å²) >= 11 is 6.27. The van der Waals surface area contributed by atoms with Gasteiger partial charge in [0.15, 0.2) is 5.82 Å². The molecule has 0 saturated carbocycles. The molecule has 29 heavy (non-hydrogen) atoms. The summed E-state index contributed by atoms with van der Waals surface area (Å²) in [6, 6.07) is 19.1. The van der Waals surface area contributed by atoms with Crippen molar-refractivity contribution in [3.63, 3.8) is 0 Å². The molecule has 4 N–H and O–H groups in total. The Morgan fingerprint density at radius 2 is 1.62 bits per heavy atom. The Hall–Kier alpha value is -3.68. The fourth-order valence-corrected chi connectivity index (χ4v) is 3.24. The van der Waals surface area contributed by atoms with Crippen molar-refractivity contribution in [3.05, 3.63) is 82.9 Å². The molecule has 8 heteroatoms. The van der Waals surface area contributed by atoms with Crippen LogP contribution in [0, 0.1) is 0 Å². The molecule has 0 aliphatic carbocycles. The molecule has 4 aromatic rings. The van der Waals surface area contributed by atoms with E-state index in [1.54, 1.807) is 5.48 Å². The molecule has 0 aliphatic heterocycles. The summed E-state index contributed by atoms with van der Waals surface area (Å²) in [5, 5.41) is 19.9. The third kappa shape index (κ3) is 3.69. The van der Waals surface area contributed by atoms with E-state index in [9.17, 15) is 9.59 Å². The highest BCUT2D eigenvalue weighted by Gasteiger charge is 2.13. The second kappa shape index (κ2) is 7.75. The van der Waals surface area contributed by atoms with Crippen molar-refractivity contribution < 1.29 is 14.8 Å². The van der Waals surface area contributed by atoms with Crippen LogP contribution < -0.4 is 10.8 Å². The molecule has 144 valence electrons. The maximum Gasteiger partial charge on any atom is 0.274 e. The van der Waals surface area contributed by atoms with Crippen LogP contribution in [0.3, 0.4) is 0 Å². The highest BCUT2D eigenvalue weighted by molar-refractivity contribution is 6.33. The van der Waals surface area contributed by atoms with Crippen LogP contribution in [0.4, 0.5) is 5.82 Å².